The smallest absolute Gasteiger partial charge is 0.0230 e. The second-order valence-electron chi connectivity index (χ2n) is 3.76. The Morgan fingerprint density at radius 3 is 2.67 bits per heavy atom. The van der Waals surface area contributed by atoms with Gasteiger partial charge in [-0.25, -0.2) is 0 Å². The molecule has 1 fully saturated rings. The van der Waals surface area contributed by atoms with E-state index >= 15 is 0 Å². The molecule has 0 bridgehead atoms. The normalized spacial score (nSPS) is 27.8. The van der Waals surface area contributed by atoms with Crippen LogP contribution in [0.5, 0.6) is 0 Å². The molecule has 1 rings (SSSR count). The van der Waals surface area contributed by atoms with E-state index in [9.17, 15) is 0 Å². The van der Waals surface area contributed by atoms with Crippen LogP contribution in [-0.4, -0.2) is 51.7 Å². The average molecular weight is 171 g/mol. The number of rotatable bonds is 4. The standard InChI is InChI=1S/C9H21N3/c1-10-6-9(11-2)8-4-5-12(3)7-8/h8-11H,4-7H2,1-3H3. The molecule has 0 aliphatic carbocycles. The summed E-state index contributed by atoms with van der Waals surface area (Å²) in [7, 11) is 6.27. The molecule has 72 valence electrons. The van der Waals surface area contributed by atoms with Crippen LogP contribution in [0.2, 0.25) is 0 Å². The minimum absolute atomic E-state index is 0.639. The van der Waals surface area contributed by atoms with Crippen LogP contribution in [0, 0.1) is 5.92 Å². The highest BCUT2D eigenvalue weighted by Crippen LogP contribution is 2.17. The molecule has 2 atom stereocenters. The third kappa shape index (κ3) is 2.44. The Balaban J connectivity index is 2.33. The van der Waals surface area contributed by atoms with Gasteiger partial charge in [0.25, 0.3) is 0 Å². The Labute approximate surface area is 75.5 Å². The minimum Gasteiger partial charge on any atom is -0.318 e. The lowest BCUT2D eigenvalue weighted by Gasteiger charge is -2.22. The lowest BCUT2D eigenvalue weighted by Crippen LogP contribution is -2.42. The number of hydrogen-bond donors (Lipinski definition) is 2. The first-order valence-corrected chi connectivity index (χ1v) is 4.78. The molecule has 0 spiro atoms. The van der Waals surface area contributed by atoms with Crippen molar-refractivity contribution in [2.45, 2.75) is 12.5 Å². The van der Waals surface area contributed by atoms with Gasteiger partial charge >= 0.3 is 0 Å². The molecule has 3 nitrogen and oxygen atoms in total. The third-order valence-corrected chi connectivity index (χ3v) is 2.79. The summed E-state index contributed by atoms with van der Waals surface area (Å²) >= 11 is 0. The molecule has 1 aliphatic heterocycles. The van der Waals surface area contributed by atoms with Gasteiger partial charge in [0, 0.05) is 19.1 Å². The van der Waals surface area contributed by atoms with E-state index in [4.69, 9.17) is 0 Å². The molecule has 3 heteroatoms. The van der Waals surface area contributed by atoms with Crippen molar-refractivity contribution >= 4 is 0 Å². The van der Waals surface area contributed by atoms with E-state index in [2.05, 4.69) is 29.6 Å². The van der Waals surface area contributed by atoms with E-state index in [-0.39, 0.29) is 0 Å². The summed E-state index contributed by atoms with van der Waals surface area (Å²) in [4.78, 5) is 2.41. The van der Waals surface area contributed by atoms with Gasteiger partial charge in [0.05, 0.1) is 0 Å². The topological polar surface area (TPSA) is 27.3 Å². The lowest BCUT2D eigenvalue weighted by molar-refractivity contribution is 0.341. The molecule has 1 aliphatic rings. The Morgan fingerprint density at radius 1 is 1.50 bits per heavy atom. The molecular weight excluding hydrogens is 150 g/mol. The molecule has 0 radical (unpaired) electrons. The number of likely N-dealkylation sites (tertiary alicyclic amines) is 1. The fraction of sp³-hybridized carbons (Fsp3) is 1.00. The van der Waals surface area contributed by atoms with Crippen molar-refractivity contribution in [1.29, 1.82) is 0 Å². The zero-order valence-corrected chi connectivity index (χ0v) is 8.43. The van der Waals surface area contributed by atoms with Gasteiger partial charge in [0.15, 0.2) is 0 Å². The monoisotopic (exact) mass is 171 g/mol. The summed E-state index contributed by atoms with van der Waals surface area (Å²) in [6, 6.07) is 0.639. The number of nitrogens with zero attached hydrogens (tertiary/aromatic N) is 1. The van der Waals surface area contributed by atoms with Crippen LogP contribution in [0.1, 0.15) is 6.42 Å². The molecule has 2 unspecified atom stereocenters. The summed E-state index contributed by atoms with van der Waals surface area (Å²) in [6.45, 7) is 3.58. The molecule has 0 aromatic rings. The number of nitrogens with one attached hydrogen (secondary N) is 2. The van der Waals surface area contributed by atoms with E-state index < -0.39 is 0 Å². The molecule has 1 saturated heterocycles. The number of likely N-dealkylation sites (N-methyl/N-ethyl adjacent to an activating group) is 2. The van der Waals surface area contributed by atoms with E-state index in [1.807, 2.05) is 7.05 Å². The lowest BCUT2D eigenvalue weighted by atomic mass is 9.99. The van der Waals surface area contributed by atoms with Crippen LogP contribution in [0.25, 0.3) is 0 Å². The largest absolute Gasteiger partial charge is 0.318 e. The van der Waals surface area contributed by atoms with Gasteiger partial charge in [-0.15, -0.1) is 0 Å². The fourth-order valence-electron chi connectivity index (χ4n) is 2.02. The van der Waals surface area contributed by atoms with Crippen molar-refractivity contribution in [1.82, 2.24) is 15.5 Å². The van der Waals surface area contributed by atoms with Crippen LogP contribution >= 0.6 is 0 Å². The van der Waals surface area contributed by atoms with Gasteiger partial charge in [-0.1, -0.05) is 0 Å². The van der Waals surface area contributed by atoms with Crippen LogP contribution in [-0.2, 0) is 0 Å². The van der Waals surface area contributed by atoms with Crippen LogP contribution in [0.3, 0.4) is 0 Å². The first-order chi connectivity index (χ1) is 5.77. The van der Waals surface area contributed by atoms with Gasteiger partial charge in [0.1, 0.15) is 0 Å². The average Bonchev–Trinajstić information content (AvgIpc) is 2.47. The van der Waals surface area contributed by atoms with Crippen LogP contribution < -0.4 is 10.6 Å². The Bertz CT molecular complexity index is 125. The van der Waals surface area contributed by atoms with Crippen molar-refractivity contribution in [2.24, 2.45) is 5.92 Å². The maximum atomic E-state index is 3.38. The van der Waals surface area contributed by atoms with Gasteiger partial charge in [-0.05, 0) is 40.0 Å². The molecule has 2 N–H and O–H groups in total. The zero-order valence-electron chi connectivity index (χ0n) is 8.43. The van der Waals surface area contributed by atoms with Gasteiger partial charge in [-0.3, -0.25) is 0 Å². The molecule has 0 saturated carbocycles. The third-order valence-electron chi connectivity index (χ3n) is 2.79. The fourth-order valence-corrected chi connectivity index (χ4v) is 2.02. The van der Waals surface area contributed by atoms with Crippen molar-refractivity contribution in [2.75, 3.05) is 40.8 Å². The maximum absolute atomic E-state index is 3.38. The van der Waals surface area contributed by atoms with Crippen molar-refractivity contribution in [3.8, 4) is 0 Å². The number of hydrogen-bond acceptors (Lipinski definition) is 3. The highest BCUT2D eigenvalue weighted by molar-refractivity contribution is 4.83. The summed E-state index contributed by atoms with van der Waals surface area (Å²) in [5, 5.41) is 6.61. The molecule has 0 amide bonds. The molecule has 0 aromatic carbocycles. The van der Waals surface area contributed by atoms with Crippen LogP contribution in [0.4, 0.5) is 0 Å². The van der Waals surface area contributed by atoms with Crippen molar-refractivity contribution < 1.29 is 0 Å². The Hall–Kier alpha value is -0.120. The summed E-state index contributed by atoms with van der Waals surface area (Å²) in [5.41, 5.74) is 0. The van der Waals surface area contributed by atoms with E-state index in [1.54, 1.807) is 0 Å². The molecular formula is C9H21N3. The predicted molar refractivity (Wildman–Crippen MR) is 52.4 cm³/mol. The molecule has 12 heavy (non-hydrogen) atoms. The first kappa shape index (κ1) is 9.96. The second kappa shape index (κ2) is 4.80. The zero-order chi connectivity index (χ0) is 8.97. The molecule has 1 heterocycles. The van der Waals surface area contributed by atoms with Gasteiger partial charge in [-0.2, -0.15) is 0 Å². The quantitative estimate of drug-likeness (QED) is 0.610. The van der Waals surface area contributed by atoms with Crippen LogP contribution in [0.15, 0.2) is 0 Å². The van der Waals surface area contributed by atoms with Gasteiger partial charge in [0.2, 0.25) is 0 Å². The summed E-state index contributed by atoms with van der Waals surface area (Å²) in [5.74, 6) is 0.826. The maximum Gasteiger partial charge on any atom is 0.0230 e. The summed E-state index contributed by atoms with van der Waals surface area (Å²) in [6.07, 6.45) is 1.34. The van der Waals surface area contributed by atoms with E-state index in [1.165, 1.54) is 19.5 Å². The van der Waals surface area contributed by atoms with E-state index in [0.717, 1.165) is 12.5 Å². The van der Waals surface area contributed by atoms with Gasteiger partial charge < -0.3 is 15.5 Å². The van der Waals surface area contributed by atoms with Crippen molar-refractivity contribution in [3.63, 3.8) is 0 Å². The molecule has 0 aromatic heterocycles. The predicted octanol–water partition coefficient (Wildman–Crippen LogP) is -0.254. The Morgan fingerprint density at radius 2 is 2.25 bits per heavy atom. The van der Waals surface area contributed by atoms with E-state index in [0.29, 0.717) is 6.04 Å². The SMILES string of the molecule is CNCC(NC)C1CCN(C)C1. The second-order valence-corrected chi connectivity index (χ2v) is 3.76. The minimum atomic E-state index is 0.639. The first-order valence-electron chi connectivity index (χ1n) is 4.78. The highest BCUT2D eigenvalue weighted by atomic mass is 15.1. The highest BCUT2D eigenvalue weighted by Gasteiger charge is 2.25. The Kier molecular flexibility index (Phi) is 3.98. The summed E-state index contributed by atoms with van der Waals surface area (Å²) < 4.78 is 0. The van der Waals surface area contributed by atoms with Crippen molar-refractivity contribution in [3.05, 3.63) is 0 Å².